The van der Waals surface area contributed by atoms with E-state index in [0.29, 0.717) is 28.8 Å². The van der Waals surface area contributed by atoms with Crippen molar-refractivity contribution in [2.75, 3.05) is 0 Å². The van der Waals surface area contributed by atoms with E-state index in [1.54, 1.807) is 0 Å². The molecule has 2 aliphatic rings. The molecule has 0 heterocycles. The van der Waals surface area contributed by atoms with Gasteiger partial charge < -0.3 is 10.2 Å². The second-order valence-corrected chi connectivity index (χ2v) is 10.0. The van der Waals surface area contributed by atoms with Crippen LogP contribution < -0.4 is 0 Å². The summed E-state index contributed by atoms with van der Waals surface area (Å²) in [5, 5.41) is 20.5. The van der Waals surface area contributed by atoms with Gasteiger partial charge in [0.15, 0.2) is 0 Å². The lowest BCUT2D eigenvalue weighted by molar-refractivity contribution is -0.165. The highest BCUT2D eigenvalue weighted by atomic mass is 127. The van der Waals surface area contributed by atoms with Gasteiger partial charge in [0.2, 0.25) is 0 Å². The van der Waals surface area contributed by atoms with E-state index in [9.17, 15) is 36.6 Å². The van der Waals surface area contributed by atoms with Gasteiger partial charge in [0.25, 0.3) is 0 Å². The Morgan fingerprint density at radius 1 is 0.793 bits per heavy atom. The van der Waals surface area contributed by atoms with E-state index >= 15 is 0 Å². The molecular weight excluding hydrogens is 513 g/mol. The summed E-state index contributed by atoms with van der Waals surface area (Å²) in [6, 6.07) is 1.38. The number of halogens is 7. The minimum Gasteiger partial charge on any atom is -0.507 e. The predicted molar refractivity (Wildman–Crippen MR) is 104 cm³/mol. The maximum atomic E-state index is 13.6. The van der Waals surface area contributed by atoms with E-state index in [0.717, 1.165) is 31.7 Å². The fourth-order valence-electron chi connectivity index (χ4n) is 4.97. The molecule has 0 bridgehead atoms. The number of alkyl halides is 7. The summed E-state index contributed by atoms with van der Waals surface area (Å²) in [5.74, 6) is -0.757. The molecule has 0 aliphatic heterocycles. The number of benzene rings is 1. The molecule has 2 nitrogen and oxygen atoms in total. The van der Waals surface area contributed by atoms with Crippen LogP contribution >= 0.6 is 22.6 Å². The van der Waals surface area contributed by atoms with E-state index in [1.165, 1.54) is 0 Å². The molecule has 0 atom stereocenters. The van der Waals surface area contributed by atoms with Gasteiger partial charge in [-0.15, -0.1) is 0 Å². The van der Waals surface area contributed by atoms with Crippen LogP contribution in [0.2, 0.25) is 0 Å². The van der Waals surface area contributed by atoms with Crippen molar-refractivity contribution in [2.24, 2.45) is 11.8 Å². The van der Waals surface area contributed by atoms with Crippen LogP contribution in [0.4, 0.5) is 26.3 Å². The van der Waals surface area contributed by atoms with Gasteiger partial charge in [0.05, 0.1) is 11.2 Å². The average molecular weight is 536 g/mol. The largest absolute Gasteiger partial charge is 0.507 e. The van der Waals surface area contributed by atoms with Crippen molar-refractivity contribution in [1.29, 1.82) is 0 Å². The van der Waals surface area contributed by atoms with Crippen LogP contribution in [0, 0.1) is 11.8 Å². The Kier molecular flexibility index (Phi) is 6.40. The highest BCUT2D eigenvalue weighted by molar-refractivity contribution is 14.1. The number of hydrogen-bond acceptors (Lipinski definition) is 2. The van der Waals surface area contributed by atoms with Gasteiger partial charge in [-0.05, 0) is 74.8 Å². The molecule has 0 saturated heterocycles. The number of hydrogen-bond donors (Lipinski definition) is 2. The van der Waals surface area contributed by atoms with E-state index in [-0.39, 0.29) is 18.8 Å². The standard InChI is InChI=1S/C20H23F6IO2/c21-19(22,23)16-14(5-6-15(28)17(16)20(24,25)26)18(29)9-7-12(8-10-18)11-1-3-13(27)4-2-11/h5-6,11-13,28-29H,1-4,7-10H2. The first-order chi connectivity index (χ1) is 13.3. The molecule has 0 unspecified atom stereocenters. The van der Waals surface area contributed by atoms with Crippen molar-refractivity contribution >= 4 is 22.6 Å². The molecule has 2 saturated carbocycles. The van der Waals surface area contributed by atoms with Crippen LogP contribution in [0.5, 0.6) is 5.75 Å². The van der Waals surface area contributed by atoms with Gasteiger partial charge in [0.1, 0.15) is 11.3 Å². The summed E-state index contributed by atoms with van der Waals surface area (Å²) >= 11 is 2.41. The lowest BCUT2D eigenvalue weighted by atomic mass is 9.67. The molecule has 0 aromatic heterocycles. The molecule has 0 radical (unpaired) electrons. The van der Waals surface area contributed by atoms with Crippen molar-refractivity contribution in [1.82, 2.24) is 0 Å². The minimum atomic E-state index is -5.39. The van der Waals surface area contributed by atoms with Crippen LogP contribution in [0.25, 0.3) is 0 Å². The molecule has 9 heteroatoms. The van der Waals surface area contributed by atoms with E-state index in [2.05, 4.69) is 22.6 Å². The molecule has 29 heavy (non-hydrogen) atoms. The SMILES string of the molecule is Oc1ccc(C2(O)CCC(C3CCC(I)CC3)CC2)c(C(F)(F)F)c1C(F)(F)F. The summed E-state index contributed by atoms with van der Waals surface area (Å²) in [4.78, 5) is 0. The zero-order valence-electron chi connectivity index (χ0n) is 15.6. The van der Waals surface area contributed by atoms with Crippen molar-refractivity contribution < 1.29 is 36.6 Å². The van der Waals surface area contributed by atoms with Crippen molar-refractivity contribution in [2.45, 2.75) is 73.2 Å². The molecule has 2 fully saturated rings. The van der Waals surface area contributed by atoms with Gasteiger partial charge in [-0.1, -0.05) is 28.7 Å². The Labute approximate surface area is 178 Å². The quantitative estimate of drug-likeness (QED) is 0.248. The number of rotatable bonds is 2. The summed E-state index contributed by atoms with van der Waals surface area (Å²) < 4.78 is 81.4. The Hall–Kier alpha value is -0.710. The summed E-state index contributed by atoms with van der Waals surface area (Å²) in [6.07, 6.45) is -5.56. The monoisotopic (exact) mass is 536 g/mol. The first kappa shape index (κ1) is 23.0. The lowest BCUT2D eigenvalue weighted by Crippen LogP contribution is -2.37. The van der Waals surface area contributed by atoms with Crippen LogP contribution in [-0.2, 0) is 18.0 Å². The van der Waals surface area contributed by atoms with Gasteiger partial charge >= 0.3 is 12.4 Å². The molecule has 0 amide bonds. The fourth-order valence-corrected chi connectivity index (χ4v) is 5.69. The molecule has 1 aromatic carbocycles. The maximum absolute atomic E-state index is 13.6. The molecule has 0 spiro atoms. The zero-order valence-corrected chi connectivity index (χ0v) is 17.7. The molecule has 2 aliphatic carbocycles. The third kappa shape index (κ3) is 4.80. The van der Waals surface area contributed by atoms with E-state index < -0.39 is 40.4 Å². The Morgan fingerprint density at radius 2 is 1.28 bits per heavy atom. The average Bonchev–Trinajstić information content (AvgIpc) is 2.61. The topological polar surface area (TPSA) is 40.5 Å². The molecule has 164 valence electrons. The molecule has 1 aromatic rings. The third-order valence-electron chi connectivity index (χ3n) is 6.48. The van der Waals surface area contributed by atoms with E-state index in [4.69, 9.17) is 0 Å². The summed E-state index contributed by atoms with van der Waals surface area (Å²) in [5.41, 5.74) is -6.88. The zero-order chi connectivity index (χ0) is 21.6. The normalized spacial score (nSPS) is 31.7. The van der Waals surface area contributed by atoms with Crippen LogP contribution in [0.15, 0.2) is 12.1 Å². The second-order valence-electron chi connectivity index (χ2n) is 8.26. The highest BCUT2D eigenvalue weighted by Gasteiger charge is 2.51. The smallest absolute Gasteiger partial charge is 0.420 e. The Morgan fingerprint density at radius 3 is 1.76 bits per heavy atom. The minimum absolute atomic E-state index is 0.0209. The Balaban J connectivity index is 1.91. The Bertz CT molecular complexity index is 730. The van der Waals surface area contributed by atoms with E-state index in [1.807, 2.05) is 0 Å². The van der Waals surface area contributed by atoms with Gasteiger partial charge in [-0.25, -0.2) is 0 Å². The number of aromatic hydroxyl groups is 1. The van der Waals surface area contributed by atoms with Crippen LogP contribution in [-0.4, -0.2) is 14.1 Å². The number of aliphatic hydroxyl groups is 1. The van der Waals surface area contributed by atoms with Crippen LogP contribution in [0.1, 0.15) is 68.1 Å². The fraction of sp³-hybridized carbons (Fsp3) is 0.700. The summed E-state index contributed by atoms with van der Waals surface area (Å²) in [6.45, 7) is 0. The van der Waals surface area contributed by atoms with Crippen molar-refractivity contribution in [3.8, 4) is 5.75 Å². The van der Waals surface area contributed by atoms with Crippen molar-refractivity contribution in [3.63, 3.8) is 0 Å². The maximum Gasteiger partial charge on any atom is 0.420 e. The third-order valence-corrected chi connectivity index (χ3v) is 7.72. The van der Waals surface area contributed by atoms with Gasteiger partial charge in [0, 0.05) is 3.92 Å². The van der Waals surface area contributed by atoms with Gasteiger partial charge in [-0.3, -0.25) is 0 Å². The predicted octanol–water partition coefficient (Wildman–Crippen LogP) is 6.80. The first-order valence-corrected chi connectivity index (χ1v) is 10.9. The highest BCUT2D eigenvalue weighted by Crippen LogP contribution is 2.52. The summed E-state index contributed by atoms with van der Waals surface area (Å²) in [7, 11) is 0. The molecule has 3 rings (SSSR count). The second kappa shape index (κ2) is 8.09. The van der Waals surface area contributed by atoms with Gasteiger partial charge in [-0.2, -0.15) is 26.3 Å². The first-order valence-electron chi connectivity index (χ1n) is 9.70. The van der Waals surface area contributed by atoms with Crippen molar-refractivity contribution in [3.05, 3.63) is 28.8 Å². The lowest BCUT2D eigenvalue weighted by Gasteiger charge is -2.42. The molecular formula is C20H23F6IO2. The van der Waals surface area contributed by atoms with Crippen LogP contribution in [0.3, 0.4) is 0 Å². The number of phenolic OH excluding ortho intramolecular Hbond substituents is 1. The number of phenols is 1. The molecule has 2 N–H and O–H groups in total.